The summed E-state index contributed by atoms with van der Waals surface area (Å²) in [5.41, 5.74) is 2.98. The Hall–Kier alpha value is -0.520. The minimum Gasteiger partial charge on any atom is -0.0856 e. The van der Waals surface area contributed by atoms with Gasteiger partial charge >= 0.3 is 0 Å². The highest BCUT2D eigenvalue weighted by molar-refractivity contribution is 5.03. The topological polar surface area (TPSA) is 0 Å². The van der Waals surface area contributed by atoms with E-state index in [-0.39, 0.29) is 0 Å². The quantitative estimate of drug-likeness (QED) is 0.515. The van der Waals surface area contributed by atoms with Gasteiger partial charge in [0, 0.05) is 0 Å². The first-order valence-electron chi connectivity index (χ1n) is 5.90. The maximum atomic E-state index is 2.46. The van der Waals surface area contributed by atoms with Gasteiger partial charge in [-0.25, -0.2) is 0 Å². The van der Waals surface area contributed by atoms with Gasteiger partial charge in [0.1, 0.15) is 0 Å². The van der Waals surface area contributed by atoms with Crippen molar-refractivity contribution in [2.75, 3.05) is 0 Å². The Balaban J connectivity index is 3.93. The summed E-state index contributed by atoms with van der Waals surface area (Å²) in [5.74, 6) is 0.793. The molecule has 0 rings (SSSR count). The van der Waals surface area contributed by atoms with Gasteiger partial charge in [-0.15, -0.1) is 0 Å². The van der Waals surface area contributed by atoms with E-state index in [2.05, 4.69) is 46.8 Å². The molecular weight excluding hydrogens is 168 g/mol. The summed E-state index contributed by atoms with van der Waals surface area (Å²) < 4.78 is 0. The Kier molecular flexibility index (Phi) is 7.55. The highest BCUT2D eigenvalue weighted by Crippen LogP contribution is 2.15. The molecule has 0 unspecified atom stereocenters. The molecule has 82 valence electrons. The van der Waals surface area contributed by atoms with Crippen LogP contribution in [0.15, 0.2) is 23.3 Å². The fraction of sp³-hybridized carbons (Fsp3) is 0.714. The summed E-state index contributed by atoms with van der Waals surface area (Å²) in [5, 5.41) is 0. The summed E-state index contributed by atoms with van der Waals surface area (Å²) in [4.78, 5) is 0. The first-order chi connectivity index (χ1) is 6.60. The molecule has 0 heterocycles. The molecule has 0 spiro atoms. The van der Waals surface area contributed by atoms with Crippen molar-refractivity contribution in [1.82, 2.24) is 0 Å². The van der Waals surface area contributed by atoms with Gasteiger partial charge in [-0.05, 0) is 52.4 Å². The molecule has 0 aromatic heterocycles. The lowest BCUT2D eigenvalue weighted by Gasteiger charge is -2.08. The van der Waals surface area contributed by atoms with Crippen molar-refractivity contribution in [3.05, 3.63) is 23.3 Å². The molecule has 14 heavy (non-hydrogen) atoms. The predicted octanol–water partition coefficient (Wildman–Crippen LogP) is 5.12. The van der Waals surface area contributed by atoms with E-state index in [1.807, 2.05) is 0 Å². The SMILES string of the molecule is CCC(/C=C(\C)CCC=C(C)C)CC. The average molecular weight is 194 g/mol. The molecular formula is C14H26. The largest absolute Gasteiger partial charge is 0.0856 e. The van der Waals surface area contributed by atoms with Crippen LogP contribution in [0.1, 0.15) is 60.3 Å². The molecule has 0 amide bonds. The van der Waals surface area contributed by atoms with Crippen LogP contribution in [0.5, 0.6) is 0 Å². The van der Waals surface area contributed by atoms with Gasteiger partial charge in [0.2, 0.25) is 0 Å². The Morgan fingerprint density at radius 1 is 1.07 bits per heavy atom. The molecule has 0 fully saturated rings. The Morgan fingerprint density at radius 3 is 2.07 bits per heavy atom. The van der Waals surface area contributed by atoms with Gasteiger partial charge in [0.05, 0.1) is 0 Å². The van der Waals surface area contributed by atoms with E-state index in [4.69, 9.17) is 0 Å². The fourth-order valence-corrected chi connectivity index (χ4v) is 1.60. The van der Waals surface area contributed by atoms with E-state index in [9.17, 15) is 0 Å². The third-order valence-electron chi connectivity index (χ3n) is 2.66. The lowest BCUT2D eigenvalue weighted by atomic mass is 9.98. The molecule has 0 aromatic carbocycles. The van der Waals surface area contributed by atoms with E-state index in [1.165, 1.54) is 31.3 Å². The van der Waals surface area contributed by atoms with Crippen molar-refractivity contribution < 1.29 is 0 Å². The standard InChI is InChI=1S/C14H26/c1-6-14(7-2)11-13(5)10-8-9-12(3)4/h9,11,14H,6-8,10H2,1-5H3/b13-11+. The van der Waals surface area contributed by atoms with E-state index in [0.717, 1.165) is 5.92 Å². The van der Waals surface area contributed by atoms with Crippen LogP contribution in [-0.4, -0.2) is 0 Å². The van der Waals surface area contributed by atoms with Gasteiger partial charge < -0.3 is 0 Å². The molecule has 0 saturated carbocycles. The lowest BCUT2D eigenvalue weighted by molar-refractivity contribution is 0.599. The molecule has 0 aliphatic rings. The Labute approximate surface area is 90.1 Å². The molecule has 0 saturated heterocycles. The van der Waals surface area contributed by atoms with Crippen molar-refractivity contribution in [2.45, 2.75) is 60.3 Å². The minimum absolute atomic E-state index is 0.793. The summed E-state index contributed by atoms with van der Waals surface area (Å²) >= 11 is 0. The van der Waals surface area contributed by atoms with Crippen LogP contribution in [0.4, 0.5) is 0 Å². The number of allylic oxidation sites excluding steroid dienone is 4. The Morgan fingerprint density at radius 2 is 1.64 bits per heavy atom. The zero-order valence-corrected chi connectivity index (χ0v) is 10.6. The van der Waals surface area contributed by atoms with E-state index >= 15 is 0 Å². The monoisotopic (exact) mass is 194 g/mol. The molecule has 0 radical (unpaired) electrons. The van der Waals surface area contributed by atoms with Crippen LogP contribution >= 0.6 is 0 Å². The van der Waals surface area contributed by atoms with E-state index in [1.54, 1.807) is 5.57 Å². The fourth-order valence-electron chi connectivity index (χ4n) is 1.60. The summed E-state index contributed by atoms with van der Waals surface area (Å²) in [6.45, 7) is 11.1. The Bertz CT molecular complexity index is 188. The molecule has 0 N–H and O–H groups in total. The normalized spacial score (nSPS) is 12.0. The highest BCUT2D eigenvalue weighted by atomic mass is 14.0. The maximum absolute atomic E-state index is 2.46. The van der Waals surface area contributed by atoms with E-state index in [0.29, 0.717) is 0 Å². The van der Waals surface area contributed by atoms with Crippen LogP contribution in [0, 0.1) is 5.92 Å². The summed E-state index contributed by atoms with van der Waals surface area (Å²) in [6.07, 6.45) is 9.75. The second kappa shape index (κ2) is 7.84. The number of rotatable bonds is 6. The lowest BCUT2D eigenvalue weighted by Crippen LogP contribution is -1.92. The molecule has 0 nitrogen and oxygen atoms in total. The number of hydrogen-bond acceptors (Lipinski definition) is 0. The van der Waals surface area contributed by atoms with Crippen LogP contribution in [-0.2, 0) is 0 Å². The third-order valence-corrected chi connectivity index (χ3v) is 2.66. The van der Waals surface area contributed by atoms with Crippen LogP contribution < -0.4 is 0 Å². The highest BCUT2D eigenvalue weighted by Gasteiger charge is 1.99. The number of hydrogen-bond donors (Lipinski definition) is 0. The van der Waals surface area contributed by atoms with E-state index < -0.39 is 0 Å². The first kappa shape index (κ1) is 13.5. The van der Waals surface area contributed by atoms with Crippen LogP contribution in [0.2, 0.25) is 0 Å². The van der Waals surface area contributed by atoms with Crippen molar-refractivity contribution in [1.29, 1.82) is 0 Å². The van der Waals surface area contributed by atoms with Gasteiger partial charge in [0.25, 0.3) is 0 Å². The predicted molar refractivity (Wildman–Crippen MR) is 66.5 cm³/mol. The van der Waals surface area contributed by atoms with Gasteiger partial charge in [-0.2, -0.15) is 0 Å². The smallest absolute Gasteiger partial charge is 0.0236 e. The average Bonchev–Trinajstić information content (AvgIpc) is 2.13. The van der Waals surface area contributed by atoms with Crippen LogP contribution in [0.3, 0.4) is 0 Å². The van der Waals surface area contributed by atoms with Crippen molar-refractivity contribution in [3.8, 4) is 0 Å². The van der Waals surface area contributed by atoms with Crippen molar-refractivity contribution >= 4 is 0 Å². The molecule has 0 heteroatoms. The second-order valence-electron chi connectivity index (χ2n) is 4.41. The zero-order chi connectivity index (χ0) is 11.0. The van der Waals surface area contributed by atoms with Crippen molar-refractivity contribution in [2.24, 2.45) is 5.92 Å². The maximum Gasteiger partial charge on any atom is -0.0236 e. The van der Waals surface area contributed by atoms with Crippen molar-refractivity contribution in [3.63, 3.8) is 0 Å². The zero-order valence-electron chi connectivity index (χ0n) is 10.6. The molecule has 0 bridgehead atoms. The third kappa shape index (κ3) is 6.94. The van der Waals surface area contributed by atoms with Gasteiger partial charge in [-0.3, -0.25) is 0 Å². The summed E-state index contributed by atoms with van der Waals surface area (Å²) in [7, 11) is 0. The molecule has 0 atom stereocenters. The van der Waals surface area contributed by atoms with Gasteiger partial charge in [0.15, 0.2) is 0 Å². The first-order valence-corrected chi connectivity index (χ1v) is 5.90. The molecule has 0 aliphatic heterocycles. The van der Waals surface area contributed by atoms with Crippen LogP contribution in [0.25, 0.3) is 0 Å². The minimum atomic E-state index is 0.793. The van der Waals surface area contributed by atoms with Gasteiger partial charge in [-0.1, -0.05) is 37.1 Å². The second-order valence-corrected chi connectivity index (χ2v) is 4.41. The summed E-state index contributed by atoms with van der Waals surface area (Å²) in [6, 6.07) is 0. The molecule has 0 aliphatic carbocycles. The molecule has 0 aromatic rings.